The number of carbonyl (C=O) groups is 1. The van der Waals surface area contributed by atoms with E-state index in [1.807, 2.05) is 38.1 Å². The minimum absolute atomic E-state index is 0.0259. The predicted octanol–water partition coefficient (Wildman–Crippen LogP) is 3.81. The highest BCUT2D eigenvalue weighted by molar-refractivity contribution is 6.30. The molecule has 24 heavy (non-hydrogen) atoms. The quantitative estimate of drug-likeness (QED) is 0.794. The summed E-state index contributed by atoms with van der Waals surface area (Å²) in [6.45, 7) is 6.10. The molecule has 2 unspecified atom stereocenters. The molecule has 1 heterocycles. The zero-order valence-corrected chi connectivity index (χ0v) is 14.9. The average molecular weight is 344 g/mol. The third-order valence-corrected chi connectivity index (χ3v) is 4.63. The van der Waals surface area contributed by atoms with Gasteiger partial charge in [-0.25, -0.2) is 10.9 Å². The van der Waals surface area contributed by atoms with Gasteiger partial charge in [0, 0.05) is 16.8 Å². The van der Waals surface area contributed by atoms with E-state index in [4.69, 9.17) is 11.6 Å². The molecule has 0 aliphatic carbocycles. The van der Waals surface area contributed by atoms with E-state index in [9.17, 15) is 4.79 Å². The number of hydrogen-bond donors (Lipinski definition) is 3. The van der Waals surface area contributed by atoms with Gasteiger partial charge in [0.25, 0.3) is 0 Å². The van der Waals surface area contributed by atoms with Gasteiger partial charge in [-0.3, -0.25) is 4.79 Å². The Kier molecular flexibility index (Phi) is 4.90. The van der Waals surface area contributed by atoms with Crippen molar-refractivity contribution in [3.63, 3.8) is 0 Å². The molecule has 3 rings (SSSR count). The van der Waals surface area contributed by atoms with Crippen LogP contribution in [-0.2, 0) is 4.79 Å². The third kappa shape index (κ3) is 3.61. The molecular weight excluding hydrogens is 322 g/mol. The fourth-order valence-electron chi connectivity index (χ4n) is 3.26. The lowest BCUT2D eigenvalue weighted by Gasteiger charge is -2.15. The zero-order valence-electron chi connectivity index (χ0n) is 14.1. The van der Waals surface area contributed by atoms with E-state index >= 15 is 0 Å². The lowest BCUT2D eigenvalue weighted by molar-refractivity contribution is -0.117. The van der Waals surface area contributed by atoms with Crippen molar-refractivity contribution in [3.8, 4) is 0 Å². The van der Waals surface area contributed by atoms with E-state index in [2.05, 4.69) is 35.2 Å². The van der Waals surface area contributed by atoms with Gasteiger partial charge < -0.3 is 5.32 Å². The minimum Gasteiger partial charge on any atom is -0.324 e. The Hall–Kier alpha value is -1.88. The number of halogens is 1. The van der Waals surface area contributed by atoms with Crippen LogP contribution in [0.2, 0.25) is 5.02 Å². The molecule has 4 nitrogen and oxygen atoms in total. The Morgan fingerprint density at radius 1 is 1.12 bits per heavy atom. The van der Waals surface area contributed by atoms with Crippen LogP contribution in [0, 0.1) is 20.8 Å². The van der Waals surface area contributed by atoms with E-state index < -0.39 is 0 Å². The summed E-state index contributed by atoms with van der Waals surface area (Å²) in [5, 5.41) is 3.77. The number of aryl methyl sites for hydroxylation is 3. The van der Waals surface area contributed by atoms with Crippen LogP contribution in [0.5, 0.6) is 0 Å². The summed E-state index contributed by atoms with van der Waals surface area (Å²) < 4.78 is 0. The fourth-order valence-corrected chi connectivity index (χ4v) is 3.46. The molecule has 0 aromatic heterocycles. The summed E-state index contributed by atoms with van der Waals surface area (Å²) in [6.07, 6.45) is 0.677. The summed E-state index contributed by atoms with van der Waals surface area (Å²) in [7, 11) is 0. The molecule has 0 spiro atoms. The van der Waals surface area contributed by atoms with Gasteiger partial charge in [0.05, 0.1) is 0 Å². The highest BCUT2D eigenvalue weighted by Gasteiger charge is 2.30. The number of anilines is 1. The Bertz CT molecular complexity index is 752. The first-order chi connectivity index (χ1) is 11.4. The predicted molar refractivity (Wildman–Crippen MR) is 98.2 cm³/mol. The van der Waals surface area contributed by atoms with Gasteiger partial charge in [-0.2, -0.15) is 0 Å². The molecule has 0 saturated carbocycles. The maximum Gasteiger partial charge on any atom is 0.242 e. The van der Waals surface area contributed by atoms with Gasteiger partial charge >= 0.3 is 0 Å². The molecule has 2 atom stereocenters. The molecule has 0 bridgehead atoms. The average Bonchev–Trinajstić information content (AvgIpc) is 3.00. The highest BCUT2D eigenvalue weighted by Crippen LogP contribution is 2.26. The van der Waals surface area contributed by atoms with Gasteiger partial charge in [-0.05, 0) is 56.0 Å². The van der Waals surface area contributed by atoms with Gasteiger partial charge in [0.2, 0.25) is 5.91 Å². The molecule has 2 aromatic rings. The van der Waals surface area contributed by atoms with Crippen LogP contribution in [0.4, 0.5) is 5.69 Å². The number of carbonyl (C=O) groups excluding carboxylic acids is 1. The van der Waals surface area contributed by atoms with Crippen LogP contribution in [-0.4, -0.2) is 11.9 Å². The lowest BCUT2D eigenvalue weighted by Crippen LogP contribution is -2.39. The van der Waals surface area contributed by atoms with Crippen LogP contribution in [0.15, 0.2) is 36.4 Å². The van der Waals surface area contributed by atoms with Crippen molar-refractivity contribution in [2.75, 3.05) is 5.32 Å². The van der Waals surface area contributed by atoms with Crippen LogP contribution >= 0.6 is 11.6 Å². The van der Waals surface area contributed by atoms with Crippen molar-refractivity contribution in [2.24, 2.45) is 0 Å². The highest BCUT2D eigenvalue weighted by atomic mass is 35.5. The second-order valence-corrected chi connectivity index (χ2v) is 6.88. The SMILES string of the molecule is Cc1cc(C)c(NC(=O)C2CC(c3cccc(Cl)c3)NN2)c(C)c1. The van der Waals surface area contributed by atoms with Crippen LogP contribution in [0.3, 0.4) is 0 Å². The molecule has 1 amide bonds. The molecule has 0 radical (unpaired) electrons. The van der Waals surface area contributed by atoms with Gasteiger partial charge in [0.15, 0.2) is 0 Å². The van der Waals surface area contributed by atoms with Gasteiger partial charge in [0.1, 0.15) is 6.04 Å². The number of nitrogens with one attached hydrogen (secondary N) is 3. The molecule has 126 valence electrons. The van der Waals surface area contributed by atoms with Crippen molar-refractivity contribution >= 4 is 23.2 Å². The normalized spacial score (nSPS) is 20.2. The number of hydrazine groups is 1. The zero-order chi connectivity index (χ0) is 17.3. The lowest BCUT2D eigenvalue weighted by atomic mass is 10.0. The Morgan fingerprint density at radius 2 is 1.83 bits per heavy atom. The van der Waals surface area contributed by atoms with Gasteiger partial charge in [-0.15, -0.1) is 0 Å². The first-order valence-corrected chi connectivity index (χ1v) is 8.47. The second-order valence-electron chi connectivity index (χ2n) is 6.45. The van der Waals surface area contributed by atoms with E-state index in [1.165, 1.54) is 5.56 Å². The molecule has 1 aliphatic heterocycles. The minimum atomic E-state index is -0.283. The van der Waals surface area contributed by atoms with Crippen LogP contribution in [0.25, 0.3) is 0 Å². The van der Waals surface area contributed by atoms with E-state index in [0.29, 0.717) is 11.4 Å². The van der Waals surface area contributed by atoms with Crippen molar-refractivity contribution in [1.29, 1.82) is 0 Å². The summed E-state index contributed by atoms with van der Waals surface area (Å²) in [6, 6.07) is 11.7. The third-order valence-electron chi connectivity index (χ3n) is 4.40. The Balaban J connectivity index is 1.69. The maximum absolute atomic E-state index is 12.6. The molecule has 1 saturated heterocycles. The molecule has 5 heteroatoms. The number of hydrogen-bond acceptors (Lipinski definition) is 3. The van der Waals surface area contributed by atoms with Crippen LogP contribution in [0.1, 0.15) is 34.7 Å². The first kappa shape index (κ1) is 17.0. The largest absolute Gasteiger partial charge is 0.324 e. The van der Waals surface area contributed by atoms with Crippen molar-refractivity contribution in [3.05, 3.63) is 63.7 Å². The Labute approximate surface area is 147 Å². The standard InChI is InChI=1S/C19H22ClN3O/c1-11-7-12(2)18(13(3)8-11)21-19(24)17-10-16(22-23-17)14-5-4-6-15(20)9-14/h4-9,16-17,22-23H,10H2,1-3H3,(H,21,24). The summed E-state index contributed by atoms with van der Waals surface area (Å²) in [5.74, 6) is -0.0259. The van der Waals surface area contributed by atoms with Gasteiger partial charge in [-0.1, -0.05) is 41.4 Å². The summed E-state index contributed by atoms with van der Waals surface area (Å²) >= 11 is 6.05. The number of benzene rings is 2. The molecular formula is C19H22ClN3O. The topological polar surface area (TPSA) is 53.2 Å². The van der Waals surface area contributed by atoms with Crippen molar-refractivity contribution in [2.45, 2.75) is 39.3 Å². The van der Waals surface area contributed by atoms with Crippen molar-refractivity contribution in [1.82, 2.24) is 10.9 Å². The molecule has 3 N–H and O–H groups in total. The fraction of sp³-hybridized carbons (Fsp3) is 0.316. The monoisotopic (exact) mass is 343 g/mol. The number of rotatable bonds is 3. The van der Waals surface area contributed by atoms with E-state index in [0.717, 1.165) is 22.4 Å². The summed E-state index contributed by atoms with van der Waals surface area (Å²) in [5.41, 5.74) is 11.6. The Morgan fingerprint density at radius 3 is 2.50 bits per heavy atom. The van der Waals surface area contributed by atoms with E-state index in [-0.39, 0.29) is 18.0 Å². The van der Waals surface area contributed by atoms with Crippen LogP contribution < -0.4 is 16.2 Å². The smallest absolute Gasteiger partial charge is 0.242 e. The second kappa shape index (κ2) is 6.93. The number of amides is 1. The summed E-state index contributed by atoms with van der Waals surface area (Å²) in [4.78, 5) is 12.6. The van der Waals surface area contributed by atoms with E-state index in [1.54, 1.807) is 0 Å². The first-order valence-electron chi connectivity index (χ1n) is 8.09. The molecule has 1 aliphatic rings. The molecule has 1 fully saturated rings. The maximum atomic E-state index is 12.6. The molecule has 2 aromatic carbocycles. The van der Waals surface area contributed by atoms with Crippen molar-refractivity contribution < 1.29 is 4.79 Å².